The van der Waals surface area contributed by atoms with Crippen LogP contribution in [-0.2, 0) is 13.0 Å². The molecule has 0 spiro atoms. The summed E-state index contributed by atoms with van der Waals surface area (Å²) in [5.41, 5.74) is 5.01. The standard InChI is InChI=1S/C13H15ClN2/c1-3-13-15-11-6-4-5-7-12(11)16(13)9-10(2)8-14/h4-8H,3,9H2,1-2H3/b10-8+. The van der Waals surface area contributed by atoms with Crippen molar-refractivity contribution >= 4 is 22.6 Å². The van der Waals surface area contributed by atoms with Gasteiger partial charge in [0.2, 0.25) is 0 Å². The summed E-state index contributed by atoms with van der Waals surface area (Å²) in [4.78, 5) is 4.61. The Morgan fingerprint density at radius 2 is 2.19 bits per heavy atom. The molecular formula is C13H15ClN2. The molecule has 0 N–H and O–H groups in total. The first kappa shape index (κ1) is 11.2. The SMILES string of the molecule is CCc1nc2ccccc2n1C/C(C)=C/Cl. The van der Waals surface area contributed by atoms with Gasteiger partial charge >= 0.3 is 0 Å². The minimum absolute atomic E-state index is 0.813. The van der Waals surface area contributed by atoms with Crippen molar-refractivity contribution in [1.82, 2.24) is 9.55 Å². The Labute approximate surface area is 101 Å². The van der Waals surface area contributed by atoms with E-state index in [-0.39, 0.29) is 0 Å². The Morgan fingerprint density at radius 1 is 1.44 bits per heavy atom. The molecule has 0 atom stereocenters. The Morgan fingerprint density at radius 3 is 2.88 bits per heavy atom. The average Bonchev–Trinajstić information content (AvgIpc) is 2.67. The first-order chi connectivity index (χ1) is 7.76. The Hall–Kier alpha value is -1.28. The summed E-state index contributed by atoms with van der Waals surface area (Å²) in [5.74, 6) is 1.11. The highest BCUT2D eigenvalue weighted by atomic mass is 35.5. The zero-order valence-electron chi connectivity index (χ0n) is 9.57. The topological polar surface area (TPSA) is 17.8 Å². The third-order valence-corrected chi connectivity index (χ3v) is 3.02. The first-order valence-corrected chi connectivity index (χ1v) is 5.90. The molecule has 1 aromatic carbocycles. The van der Waals surface area contributed by atoms with E-state index in [4.69, 9.17) is 11.6 Å². The zero-order chi connectivity index (χ0) is 11.5. The summed E-state index contributed by atoms with van der Waals surface area (Å²) in [7, 11) is 0. The lowest BCUT2D eigenvalue weighted by Gasteiger charge is -2.07. The van der Waals surface area contributed by atoms with Gasteiger partial charge < -0.3 is 4.57 Å². The summed E-state index contributed by atoms with van der Waals surface area (Å²) >= 11 is 5.72. The van der Waals surface area contributed by atoms with Gasteiger partial charge in [-0.1, -0.05) is 30.7 Å². The van der Waals surface area contributed by atoms with Crippen molar-refractivity contribution in [1.29, 1.82) is 0 Å². The lowest BCUT2D eigenvalue weighted by atomic mass is 10.3. The third-order valence-electron chi connectivity index (χ3n) is 2.64. The molecule has 0 aliphatic heterocycles. The second-order valence-corrected chi connectivity index (χ2v) is 4.13. The highest BCUT2D eigenvalue weighted by Crippen LogP contribution is 2.18. The molecule has 84 valence electrons. The van der Waals surface area contributed by atoms with E-state index in [0.29, 0.717) is 0 Å². The van der Waals surface area contributed by atoms with Gasteiger partial charge in [0.05, 0.1) is 11.0 Å². The number of nitrogens with zero attached hydrogens (tertiary/aromatic N) is 2. The molecule has 3 heteroatoms. The van der Waals surface area contributed by atoms with Crippen LogP contribution in [0.25, 0.3) is 11.0 Å². The maximum atomic E-state index is 5.72. The quantitative estimate of drug-likeness (QED) is 0.791. The van der Waals surface area contributed by atoms with E-state index in [1.165, 1.54) is 5.52 Å². The molecule has 16 heavy (non-hydrogen) atoms. The Kier molecular flexibility index (Phi) is 3.30. The van der Waals surface area contributed by atoms with Gasteiger partial charge in [0.15, 0.2) is 0 Å². The van der Waals surface area contributed by atoms with Crippen LogP contribution in [0.1, 0.15) is 19.7 Å². The molecule has 2 nitrogen and oxygen atoms in total. The van der Waals surface area contributed by atoms with Gasteiger partial charge in [-0.2, -0.15) is 0 Å². The van der Waals surface area contributed by atoms with Gasteiger partial charge in [-0.3, -0.25) is 0 Å². The number of benzene rings is 1. The summed E-state index contributed by atoms with van der Waals surface area (Å²) in [6, 6.07) is 8.21. The van der Waals surface area contributed by atoms with E-state index in [9.17, 15) is 0 Å². The monoisotopic (exact) mass is 234 g/mol. The molecule has 0 aliphatic carbocycles. The Bertz CT molecular complexity index is 526. The summed E-state index contributed by atoms with van der Waals surface area (Å²) in [6.07, 6.45) is 0.935. The molecule has 0 fully saturated rings. The van der Waals surface area contributed by atoms with Crippen LogP contribution in [0.4, 0.5) is 0 Å². The lowest BCUT2D eigenvalue weighted by Crippen LogP contribution is -2.03. The maximum Gasteiger partial charge on any atom is 0.109 e. The molecule has 0 aliphatic rings. The van der Waals surface area contributed by atoms with Crippen LogP contribution >= 0.6 is 11.6 Å². The van der Waals surface area contributed by atoms with E-state index in [2.05, 4.69) is 22.5 Å². The van der Waals surface area contributed by atoms with Crippen molar-refractivity contribution < 1.29 is 0 Å². The van der Waals surface area contributed by atoms with E-state index >= 15 is 0 Å². The molecule has 2 rings (SSSR count). The van der Waals surface area contributed by atoms with Gasteiger partial charge in [-0.25, -0.2) is 4.98 Å². The third kappa shape index (κ3) is 1.98. The number of hydrogen-bond donors (Lipinski definition) is 0. The number of hydrogen-bond acceptors (Lipinski definition) is 1. The number of rotatable bonds is 3. The predicted molar refractivity (Wildman–Crippen MR) is 68.7 cm³/mol. The van der Waals surface area contributed by atoms with Crippen molar-refractivity contribution in [2.75, 3.05) is 0 Å². The van der Waals surface area contributed by atoms with Gasteiger partial charge in [0, 0.05) is 18.5 Å². The smallest absolute Gasteiger partial charge is 0.109 e. The lowest BCUT2D eigenvalue weighted by molar-refractivity contribution is 0.743. The molecule has 0 saturated heterocycles. The molecule has 0 amide bonds. The largest absolute Gasteiger partial charge is 0.324 e. The highest BCUT2D eigenvalue weighted by molar-refractivity contribution is 6.25. The maximum absolute atomic E-state index is 5.72. The van der Waals surface area contributed by atoms with Crippen LogP contribution in [0.5, 0.6) is 0 Å². The molecule has 2 aromatic rings. The van der Waals surface area contributed by atoms with Crippen LogP contribution in [0, 0.1) is 0 Å². The van der Waals surface area contributed by atoms with Gasteiger partial charge in [-0.05, 0) is 24.6 Å². The van der Waals surface area contributed by atoms with E-state index in [1.807, 2.05) is 25.1 Å². The average molecular weight is 235 g/mol. The minimum Gasteiger partial charge on any atom is -0.324 e. The van der Waals surface area contributed by atoms with Crippen molar-refractivity contribution in [2.45, 2.75) is 26.8 Å². The van der Waals surface area contributed by atoms with Crippen molar-refractivity contribution in [3.05, 3.63) is 41.2 Å². The number of allylic oxidation sites excluding steroid dienone is 1. The number of fused-ring (bicyclic) bond motifs is 1. The van der Waals surface area contributed by atoms with Crippen LogP contribution in [-0.4, -0.2) is 9.55 Å². The number of imidazole rings is 1. The first-order valence-electron chi connectivity index (χ1n) is 5.46. The second-order valence-electron chi connectivity index (χ2n) is 3.91. The fraction of sp³-hybridized carbons (Fsp3) is 0.308. The molecule has 1 heterocycles. The van der Waals surface area contributed by atoms with Crippen LogP contribution in [0.2, 0.25) is 0 Å². The summed E-state index contributed by atoms with van der Waals surface area (Å²) in [6.45, 7) is 4.96. The van der Waals surface area contributed by atoms with Crippen LogP contribution < -0.4 is 0 Å². The fourth-order valence-electron chi connectivity index (χ4n) is 1.86. The van der Waals surface area contributed by atoms with E-state index in [0.717, 1.165) is 29.9 Å². The molecule has 1 aromatic heterocycles. The van der Waals surface area contributed by atoms with Crippen molar-refractivity contribution in [3.63, 3.8) is 0 Å². The van der Waals surface area contributed by atoms with E-state index in [1.54, 1.807) is 5.54 Å². The molecule has 0 bridgehead atoms. The van der Waals surface area contributed by atoms with Gasteiger partial charge in [0.1, 0.15) is 5.82 Å². The van der Waals surface area contributed by atoms with Crippen LogP contribution in [0.15, 0.2) is 35.4 Å². The van der Waals surface area contributed by atoms with Crippen LogP contribution in [0.3, 0.4) is 0 Å². The number of halogens is 1. The molecular weight excluding hydrogens is 220 g/mol. The summed E-state index contributed by atoms with van der Waals surface area (Å²) < 4.78 is 2.23. The van der Waals surface area contributed by atoms with E-state index < -0.39 is 0 Å². The fourth-order valence-corrected chi connectivity index (χ4v) is 1.92. The van der Waals surface area contributed by atoms with Gasteiger partial charge in [-0.15, -0.1) is 0 Å². The normalized spacial score (nSPS) is 12.3. The number of aryl methyl sites for hydroxylation is 1. The second kappa shape index (κ2) is 4.71. The molecule has 0 radical (unpaired) electrons. The predicted octanol–water partition coefficient (Wildman–Crippen LogP) is 3.74. The number of aromatic nitrogens is 2. The zero-order valence-corrected chi connectivity index (χ0v) is 10.3. The number of para-hydroxylation sites is 2. The summed E-state index contributed by atoms with van der Waals surface area (Å²) in [5, 5.41) is 0. The Balaban J connectivity index is 2.55. The molecule has 0 unspecified atom stereocenters. The molecule has 0 saturated carbocycles. The van der Waals surface area contributed by atoms with Crippen molar-refractivity contribution in [2.24, 2.45) is 0 Å². The highest BCUT2D eigenvalue weighted by Gasteiger charge is 2.08. The van der Waals surface area contributed by atoms with Crippen molar-refractivity contribution in [3.8, 4) is 0 Å². The van der Waals surface area contributed by atoms with Gasteiger partial charge in [0.25, 0.3) is 0 Å². The minimum atomic E-state index is 0.813.